The van der Waals surface area contributed by atoms with E-state index in [4.69, 9.17) is 10.5 Å². The second-order valence-electron chi connectivity index (χ2n) is 8.07. The first-order chi connectivity index (χ1) is 16.0. The lowest BCUT2D eigenvalue weighted by atomic mass is 10.1. The summed E-state index contributed by atoms with van der Waals surface area (Å²) in [6.07, 6.45) is 0. The SMILES string of the molecule is Cc1cc(C(=O)Nc2ccc(C(=N)N(C)C)cc2)n(-c2cc3ccccc3cc2S(N)(=O)=O)n1. The maximum atomic E-state index is 13.2. The molecule has 1 aromatic heterocycles. The Morgan fingerprint density at radius 1 is 1.03 bits per heavy atom. The van der Waals surface area contributed by atoms with Crippen LogP contribution >= 0.6 is 0 Å². The van der Waals surface area contributed by atoms with Crippen molar-refractivity contribution in [1.29, 1.82) is 5.41 Å². The Balaban J connectivity index is 1.75. The van der Waals surface area contributed by atoms with Crippen molar-refractivity contribution in [3.05, 3.63) is 83.7 Å². The smallest absolute Gasteiger partial charge is 0.274 e. The number of primary sulfonamides is 1. The molecular formula is C24H24N6O3S. The number of nitrogens with zero attached hydrogens (tertiary/aromatic N) is 3. The number of benzene rings is 3. The van der Waals surface area contributed by atoms with Gasteiger partial charge in [0.25, 0.3) is 5.91 Å². The summed E-state index contributed by atoms with van der Waals surface area (Å²) >= 11 is 0. The van der Waals surface area contributed by atoms with Crippen LogP contribution in [0.1, 0.15) is 21.7 Å². The van der Waals surface area contributed by atoms with E-state index in [-0.39, 0.29) is 16.3 Å². The minimum atomic E-state index is -4.10. The van der Waals surface area contributed by atoms with Crippen molar-refractivity contribution in [2.45, 2.75) is 11.8 Å². The number of anilines is 1. The molecule has 0 aliphatic rings. The van der Waals surface area contributed by atoms with E-state index in [9.17, 15) is 13.2 Å². The third kappa shape index (κ3) is 4.54. The van der Waals surface area contributed by atoms with Crippen LogP contribution in [0.4, 0.5) is 5.69 Å². The van der Waals surface area contributed by atoms with Gasteiger partial charge >= 0.3 is 0 Å². The Hall–Kier alpha value is -4.02. The molecule has 0 fully saturated rings. The number of amides is 1. The highest BCUT2D eigenvalue weighted by Gasteiger charge is 2.22. The average Bonchev–Trinajstić information content (AvgIpc) is 3.19. The number of aryl methyl sites for hydroxylation is 1. The van der Waals surface area contributed by atoms with E-state index in [1.165, 1.54) is 10.7 Å². The largest absolute Gasteiger partial charge is 0.363 e. The number of nitrogens with one attached hydrogen (secondary N) is 2. The number of fused-ring (bicyclic) bond motifs is 1. The molecule has 0 atom stereocenters. The second-order valence-corrected chi connectivity index (χ2v) is 9.60. The van der Waals surface area contributed by atoms with Crippen molar-refractivity contribution in [2.75, 3.05) is 19.4 Å². The molecule has 0 saturated heterocycles. The minimum absolute atomic E-state index is 0.130. The zero-order chi connectivity index (χ0) is 24.6. The zero-order valence-electron chi connectivity index (χ0n) is 18.9. The summed E-state index contributed by atoms with van der Waals surface area (Å²) in [6, 6.07) is 18.9. The fourth-order valence-electron chi connectivity index (χ4n) is 3.61. The number of sulfonamides is 1. The molecule has 9 nitrogen and oxygen atoms in total. The quantitative estimate of drug-likeness (QED) is 0.301. The van der Waals surface area contributed by atoms with Gasteiger partial charge in [-0.3, -0.25) is 10.2 Å². The highest BCUT2D eigenvalue weighted by atomic mass is 32.2. The fourth-order valence-corrected chi connectivity index (χ4v) is 4.34. The van der Waals surface area contributed by atoms with Crippen LogP contribution in [0.2, 0.25) is 0 Å². The molecule has 34 heavy (non-hydrogen) atoms. The number of carbonyl (C=O) groups is 1. The van der Waals surface area contributed by atoms with Crippen molar-refractivity contribution in [2.24, 2.45) is 5.14 Å². The van der Waals surface area contributed by atoms with Crippen LogP contribution < -0.4 is 10.5 Å². The number of hydrogen-bond acceptors (Lipinski definition) is 5. The van der Waals surface area contributed by atoms with Gasteiger partial charge in [0.2, 0.25) is 10.0 Å². The standard InChI is InChI=1S/C24H24N6O3S/c1-15-12-21(24(31)27-19-10-8-16(9-11-19)23(25)29(2)3)30(28-15)20-13-17-6-4-5-7-18(17)14-22(20)34(26,32)33/h4-14,25H,1-3H3,(H,27,31)(H2,26,32,33). The van der Waals surface area contributed by atoms with Gasteiger partial charge in [-0.05, 0) is 60.2 Å². The van der Waals surface area contributed by atoms with Gasteiger partial charge in [0.05, 0.1) is 11.4 Å². The Morgan fingerprint density at radius 3 is 2.24 bits per heavy atom. The van der Waals surface area contributed by atoms with E-state index in [0.29, 0.717) is 28.2 Å². The molecule has 0 saturated carbocycles. The van der Waals surface area contributed by atoms with E-state index < -0.39 is 15.9 Å². The first-order valence-electron chi connectivity index (χ1n) is 10.3. The number of nitrogens with two attached hydrogens (primary N) is 1. The van der Waals surface area contributed by atoms with Crippen molar-refractivity contribution in [3.63, 3.8) is 0 Å². The van der Waals surface area contributed by atoms with E-state index in [0.717, 1.165) is 5.39 Å². The summed E-state index contributed by atoms with van der Waals surface area (Å²) in [4.78, 5) is 14.7. The third-order valence-electron chi connectivity index (χ3n) is 5.29. The maximum absolute atomic E-state index is 13.2. The Labute approximate surface area is 197 Å². The molecule has 0 aliphatic carbocycles. The lowest BCUT2D eigenvalue weighted by Crippen LogP contribution is -2.22. The first-order valence-corrected chi connectivity index (χ1v) is 11.9. The van der Waals surface area contributed by atoms with Gasteiger partial charge in [-0.25, -0.2) is 18.2 Å². The van der Waals surface area contributed by atoms with Crippen LogP contribution in [0, 0.1) is 12.3 Å². The van der Waals surface area contributed by atoms with Crippen molar-refractivity contribution in [1.82, 2.24) is 14.7 Å². The molecule has 1 heterocycles. The van der Waals surface area contributed by atoms with E-state index in [2.05, 4.69) is 10.4 Å². The summed E-state index contributed by atoms with van der Waals surface area (Å²) in [5, 5.41) is 22.2. The first kappa shape index (κ1) is 23.1. The molecule has 4 aromatic rings. The van der Waals surface area contributed by atoms with Gasteiger partial charge in [-0.15, -0.1) is 0 Å². The second kappa shape index (κ2) is 8.73. The molecule has 1 amide bonds. The number of aromatic nitrogens is 2. The molecule has 0 unspecified atom stereocenters. The molecule has 3 aromatic carbocycles. The number of rotatable bonds is 5. The van der Waals surface area contributed by atoms with Gasteiger partial charge in [0, 0.05) is 25.3 Å². The van der Waals surface area contributed by atoms with E-state index in [1.807, 2.05) is 12.1 Å². The number of amidine groups is 1. The topological polar surface area (TPSA) is 134 Å². The molecule has 0 radical (unpaired) electrons. The summed E-state index contributed by atoms with van der Waals surface area (Å²) in [6.45, 7) is 1.71. The monoisotopic (exact) mass is 476 g/mol. The highest BCUT2D eigenvalue weighted by Crippen LogP contribution is 2.27. The summed E-state index contributed by atoms with van der Waals surface area (Å²) in [5.41, 5.74) is 2.11. The minimum Gasteiger partial charge on any atom is -0.363 e. The van der Waals surface area contributed by atoms with Crippen molar-refractivity contribution in [3.8, 4) is 5.69 Å². The van der Waals surface area contributed by atoms with Crippen molar-refractivity contribution >= 4 is 38.2 Å². The average molecular weight is 477 g/mol. The van der Waals surface area contributed by atoms with Crippen molar-refractivity contribution < 1.29 is 13.2 Å². The molecule has 0 spiro atoms. The zero-order valence-corrected chi connectivity index (χ0v) is 19.7. The maximum Gasteiger partial charge on any atom is 0.274 e. The normalized spacial score (nSPS) is 11.4. The molecule has 174 valence electrons. The lowest BCUT2D eigenvalue weighted by molar-refractivity contribution is 0.101. The lowest BCUT2D eigenvalue weighted by Gasteiger charge is -2.15. The van der Waals surface area contributed by atoms with Gasteiger partial charge in [-0.1, -0.05) is 24.3 Å². The van der Waals surface area contributed by atoms with Crippen LogP contribution in [-0.4, -0.2) is 48.9 Å². The Kier molecular flexibility index (Phi) is 5.94. The molecular weight excluding hydrogens is 452 g/mol. The Morgan fingerprint density at radius 2 is 1.65 bits per heavy atom. The predicted octanol–water partition coefficient (Wildman–Crippen LogP) is 3.12. The number of carbonyl (C=O) groups excluding carboxylic acids is 1. The van der Waals surface area contributed by atoms with Crippen LogP contribution in [-0.2, 0) is 10.0 Å². The summed E-state index contributed by atoms with van der Waals surface area (Å²) in [7, 11) is -0.538. The van der Waals surface area contributed by atoms with Gasteiger partial charge in [0.1, 0.15) is 16.4 Å². The number of hydrogen-bond donors (Lipinski definition) is 3. The van der Waals surface area contributed by atoms with Crippen LogP contribution in [0.5, 0.6) is 0 Å². The van der Waals surface area contributed by atoms with E-state index in [1.54, 1.807) is 74.4 Å². The van der Waals surface area contributed by atoms with Crippen LogP contribution in [0.3, 0.4) is 0 Å². The highest BCUT2D eigenvalue weighted by molar-refractivity contribution is 7.89. The molecule has 4 N–H and O–H groups in total. The molecule has 4 rings (SSSR count). The molecule has 10 heteroatoms. The van der Waals surface area contributed by atoms with Gasteiger partial charge < -0.3 is 10.2 Å². The van der Waals surface area contributed by atoms with E-state index >= 15 is 0 Å². The fraction of sp³-hybridized carbons (Fsp3) is 0.125. The summed E-state index contributed by atoms with van der Waals surface area (Å²) < 4.78 is 26.1. The Bertz CT molecular complexity index is 1520. The third-order valence-corrected chi connectivity index (χ3v) is 6.23. The molecule has 0 aliphatic heterocycles. The van der Waals surface area contributed by atoms with Gasteiger partial charge in [0.15, 0.2) is 0 Å². The molecule has 0 bridgehead atoms. The van der Waals surface area contributed by atoms with Gasteiger partial charge in [-0.2, -0.15) is 5.10 Å². The predicted molar refractivity (Wildman–Crippen MR) is 132 cm³/mol. The van der Waals surface area contributed by atoms with Crippen LogP contribution in [0.15, 0.2) is 71.6 Å². The summed E-state index contributed by atoms with van der Waals surface area (Å²) in [5.74, 6) is -0.122. The van der Waals surface area contributed by atoms with Crippen LogP contribution in [0.25, 0.3) is 16.5 Å².